The van der Waals surface area contributed by atoms with Crippen LogP contribution in [0, 0.1) is 0 Å². The minimum atomic E-state index is -0.566. The van der Waals surface area contributed by atoms with Crippen molar-refractivity contribution in [3.05, 3.63) is 53.6 Å². The number of halogens is 1. The summed E-state index contributed by atoms with van der Waals surface area (Å²) in [5.74, 6) is 0.772. The van der Waals surface area contributed by atoms with Gasteiger partial charge in [0.25, 0.3) is 5.91 Å². The van der Waals surface area contributed by atoms with Gasteiger partial charge in [-0.3, -0.25) is 9.59 Å². The lowest BCUT2D eigenvalue weighted by atomic mass is 10.1. The van der Waals surface area contributed by atoms with Gasteiger partial charge in [0.1, 0.15) is 17.5 Å². The van der Waals surface area contributed by atoms with Crippen molar-refractivity contribution in [1.29, 1.82) is 0 Å². The first-order chi connectivity index (χ1) is 13.0. The molecule has 2 aromatic carbocycles. The van der Waals surface area contributed by atoms with Crippen LogP contribution in [0.2, 0.25) is 0 Å². The van der Waals surface area contributed by atoms with Crippen LogP contribution in [-0.4, -0.2) is 38.6 Å². The van der Waals surface area contributed by atoms with Crippen molar-refractivity contribution in [3.8, 4) is 11.5 Å². The Bertz CT molecular complexity index is 820. The third-order valence-corrected chi connectivity index (χ3v) is 4.61. The highest BCUT2D eigenvalue weighted by Gasteiger charge is 2.34. The molecule has 1 fully saturated rings. The Balaban J connectivity index is 0.00000280. The number of carbonyl (C=O) groups excluding carboxylic acids is 2. The molecule has 2 amide bonds. The Hall–Kier alpha value is -2.77. The zero-order valence-electron chi connectivity index (χ0n) is 15.8. The highest BCUT2D eigenvalue weighted by Crippen LogP contribution is 2.31. The maximum atomic E-state index is 12.8. The lowest BCUT2D eigenvalue weighted by Gasteiger charge is -2.19. The molecule has 28 heavy (non-hydrogen) atoms. The van der Waals surface area contributed by atoms with Crippen LogP contribution in [0.15, 0.2) is 42.5 Å². The van der Waals surface area contributed by atoms with Gasteiger partial charge in [-0.2, -0.15) is 0 Å². The van der Waals surface area contributed by atoms with E-state index in [2.05, 4.69) is 5.32 Å². The van der Waals surface area contributed by atoms with Crippen molar-refractivity contribution in [2.45, 2.75) is 19.0 Å². The number of benzene rings is 2. The average molecular weight is 406 g/mol. The minimum absolute atomic E-state index is 0. The second-order valence-electron chi connectivity index (χ2n) is 6.28. The molecule has 8 heteroatoms. The lowest BCUT2D eigenvalue weighted by Crippen LogP contribution is -2.41. The molecule has 0 bridgehead atoms. The summed E-state index contributed by atoms with van der Waals surface area (Å²) < 4.78 is 10.5. The Morgan fingerprint density at radius 2 is 1.75 bits per heavy atom. The second kappa shape index (κ2) is 9.43. The number of nitrogens with two attached hydrogens (primary N) is 1. The number of carbonyl (C=O) groups is 2. The van der Waals surface area contributed by atoms with Crippen LogP contribution in [0.25, 0.3) is 0 Å². The van der Waals surface area contributed by atoms with Crippen LogP contribution in [0.1, 0.15) is 22.3 Å². The van der Waals surface area contributed by atoms with Gasteiger partial charge in [-0.15, -0.1) is 12.4 Å². The van der Waals surface area contributed by atoms with Crippen molar-refractivity contribution in [3.63, 3.8) is 0 Å². The first-order valence-corrected chi connectivity index (χ1v) is 8.70. The second-order valence-corrected chi connectivity index (χ2v) is 6.28. The SMILES string of the molecule is COc1cc(OC)cc(N2CCC(NC(=O)c3ccc(CN)cc3)C2=O)c1.Cl. The fraction of sp³-hybridized carbons (Fsp3) is 0.300. The number of rotatable bonds is 6. The van der Waals surface area contributed by atoms with Gasteiger partial charge in [0.15, 0.2) is 0 Å². The summed E-state index contributed by atoms with van der Waals surface area (Å²) in [4.78, 5) is 26.9. The van der Waals surface area contributed by atoms with E-state index in [0.29, 0.717) is 42.3 Å². The Labute approximate surface area is 170 Å². The predicted octanol–water partition coefficient (Wildman–Crippen LogP) is 2.12. The van der Waals surface area contributed by atoms with Gasteiger partial charge in [-0.05, 0) is 24.1 Å². The molecule has 7 nitrogen and oxygen atoms in total. The van der Waals surface area contributed by atoms with E-state index in [9.17, 15) is 9.59 Å². The average Bonchev–Trinajstić information content (AvgIpc) is 3.07. The van der Waals surface area contributed by atoms with Gasteiger partial charge in [0.05, 0.1) is 19.9 Å². The van der Waals surface area contributed by atoms with Gasteiger partial charge >= 0.3 is 0 Å². The first-order valence-electron chi connectivity index (χ1n) is 8.70. The Morgan fingerprint density at radius 3 is 2.29 bits per heavy atom. The molecule has 3 rings (SSSR count). The molecular weight excluding hydrogens is 382 g/mol. The highest BCUT2D eigenvalue weighted by atomic mass is 35.5. The molecule has 2 aromatic rings. The molecule has 0 radical (unpaired) electrons. The van der Waals surface area contributed by atoms with Gasteiger partial charge in [0, 0.05) is 36.9 Å². The molecule has 1 atom stereocenters. The molecule has 3 N–H and O–H groups in total. The third kappa shape index (κ3) is 4.55. The zero-order chi connectivity index (χ0) is 19.4. The van der Waals surface area contributed by atoms with Crippen molar-refractivity contribution in [2.75, 3.05) is 25.7 Å². The van der Waals surface area contributed by atoms with Gasteiger partial charge in [-0.25, -0.2) is 0 Å². The van der Waals surface area contributed by atoms with Crippen molar-refractivity contribution in [1.82, 2.24) is 5.32 Å². The molecular formula is C20H24ClN3O4. The number of amides is 2. The number of ether oxygens (including phenoxy) is 2. The molecule has 0 aliphatic carbocycles. The highest BCUT2D eigenvalue weighted by molar-refractivity contribution is 6.04. The van der Waals surface area contributed by atoms with Gasteiger partial charge in [0.2, 0.25) is 5.91 Å². The van der Waals surface area contributed by atoms with Crippen LogP contribution >= 0.6 is 12.4 Å². The fourth-order valence-electron chi connectivity index (χ4n) is 3.05. The van der Waals surface area contributed by atoms with E-state index in [4.69, 9.17) is 15.2 Å². The number of methoxy groups -OCH3 is 2. The summed E-state index contributed by atoms with van der Waals surface area (Å²) in [6.45, 7) is 0.925. The van der Waals surface area contributed by atoms with E-state index < -0.39 is 6.04 Å². The molecule has 1 aliphatic heterocycles. The predicted molar refractivity (Wildman–Crippen MR) is 109 cm³/mol. The molecule has 1 aliphatic rings. The molecule has 1 saturated heterocycles. The largest absolute Gasteiger partial charge is 0.497 e. The van der Waals surface area contributed by atoms with Crippen LogP contribution in [0.5, 0.6) is 11.5 Å². The molecule has 0 aromatic heterocycles. The van der Waals surface area contributed by atoms with E-state index in [1.54, 1.807) is 61.6 Å². The summed E-state index contributed by atoms with van der Waals surface area (Å²) in [6, 6.07) is 11.8. The first kappa shape index (κ1) is 21.5. The van der Waals surface area contributed by atoms with Crippen molar-refractivity contribution >= 4 is 29.9 Å². The van der Waals surface area contributed by atoms with Crippen LogP contribution < -0.4 is 25.4 Å². The quantitative estimate of drug-likeness (QED) is 0.767. The maximum absolute atomic E-state index is 12.8. The fourth-order valence-corrected chi connectivity index (χ4v) is 3.05. The van der Waals surface area contributed by atoms with Gasteiger partial charge < -0.3 is 25.4 Å². The summed E-state index contributed by atoms with van der Waals surface area (Å²) in [6.07, 6.45) is 0.533. The topological polar surface area (TPSA) is 93.9 Å². The number of nitrogens with one attached hydrogen (secondary N) is 1. The summed E-state index contributed by atoms with van der Waals surface area (Å²) in [5, 5.41) is 2.82. The molecule has 0 spiro atoms. The van der Waals surface area contributed by atoms with E-state index in [1.165, 1.54) is 0 Å². The number of hydrogen-bond donors (Lipinski definition) is 2. The summed E-state index contributed by atoms with van der Waals surface area (Å²) in [5.41, 5.74) is 7.70. The van der Waals surface area contributed by atoms with Gasteiger partial charge in [-0.1, -0.05) is 12.1 Å². The number of anilines is 1. The Morgan fingerprint density at radius 1 is 1.14 bits per heavy atom. The summed E-state index contributed by atoms with van der Waals surface area (Å²) >= 11 is 0. The number of hydrogen-bond acceptors (Lipinski definition) is 5. The standard InChI is InChI=1S/C20H23N3O4.ClH/c1-26-16-9-15(10-17(11-16)27-2)23-8-7-18(20(23)25)22-19(24)14-5-3-13(12-21)4-6-14;/h3-6,9-11,18H,7-8,12,21H2,1-2H3,(H,22,24);1H. The van der Waals surface area contributed by atoms with E-state index in [0.717, 1.165) is 5.56 Å². The number of nitrogens with zero attached hydrogens (tertiary/aromatic N) is 1. The van der Waals surface area contributed by atoms with E-state index in [-0.39, 0.29) is 24.2 Å². The van der Waals surface area contributed by atoms with Crippen molar-refractivity contribution < 1.29 is 19.1 Å². The summed E-state index contributed by atoms with van der Waals surface area (Å²) in [7, 11) is 3.12. The maximum Gasteiger partial charge on any atom is 0.251 e. The molecule has 1 heterocycles. The van der Waals surface area contributed by atoms with Crippen LogP contribution in [0.3, 0.4) is 0 Å². The minimum Gasteiger partial charge on any atom is -0.497 e. The third-order valence-electron chi connectivity index (χ3n) is 4.61. The molecule has 0 saturated carbocycles. The van der Waals surface area contributed by atoms with Crippen molar-refractivity contribution in [2.24, 2.45) is 5.73 Å². The zero-order valence-corrected chi connectivity index (χ0v) is 16.6. The van der Waals surface area contributed by atoms with Crippen LogP contribution in [-0.2, 0) is 11.3 Å². The molecule has 150 valence electrons. The Kier molecular flexibility index (Phi) is 7.25. The smallest absolute Gasteiger partial charge is 0.251 e. The van der Waals surface area contributed by atoms with E-state index >= 15 is 0 Å². The normalized spacial score (nSPS) is 15.8. The van der Waals surface area contributed by atoms with Crippen LogP contribution in [0.4, 0.5) is 5.69 Å². The molecule has 1 unspecified atom stereocenters. The van der Waals surface area contributed by atoms with E-state index in [1.807, 2.05) is 0 Å². The lowest BCUT2D eigenvalue weighted by molar-refractivity contribution is -0.118. The monoisotopic (exact) mass is 405 g/mol.